The Kier molecular flexibility index (Phi) is 5.27. The van der Waals surface area contributed by atoms with Crippen LogP contribution in [0.15, 0.2) is 23.6 Å². The van der Waals surface area contributed by atoms with Crippen molar-refractivity contribution in [2.75, 3.05) is 6.54 Å². The molecule has 0 aliphatic heterocycles. The molecule has 1 heterocycles. The average Bonchev–Trinajstić information content (AvgIpc) is 2.91. The van der Waals surface area contributed by atoms with Crippen molar-refractivity contribution in [2.24, 2.45) is 0 Å². The molecule has 1 aromatic heterocycles. The van der Waals surface area contributed by atoms with Crippen molar-refractivity contribution in [3.8, 4) is 11.3 Å². The van der Waals surface area contributed by atoms with Crippen LogP contribution < -0.4 is 5.32 Å². The number of carbonyl (C=O) groups is 1. The molecule has 1 aromatic carbocycles. The van der Waals surface area contributed by atoms with Gasteiger partial charge in [-0.3, -0.25) is 4.79 Å². The molecule has 0 amide bonds. The Morgan fingerprint density at radius 2 is 2.33 bits per heavy atom. The van der Waals surface area contributed by atoms with E-state index in [0.717, 1.165) is 16.3 Å². The summed E-state index contributed by atoms with van der Waals surface area (Å²) >= 11 is 7.23. The molecule has 0 saturated heterocycles. The number of halogens is 2. The maximum Gasteiger partial charge on any atom is 0.304 e. The zero-order chi connectivity index (χ0) is 15.4. The largest absolute Gasteiger partial charge is 0.481 e. The fourth-order valence-electron chi connectivity index (χ4n) is 1.76. The normalized spacial score (nSPS) is 12.3. The van der Waals surface area contributed by atoms with E-state index in [1.807, 2.05) is 12.3 Å². The standard InChI is InChI=1S/C14H14ClFN2O2S/c1-8(17-5-4-13(19)20)14-18-12(7-21-14)9-2-3-11(16)10(15)6-9/h2-3,6-8,17H,4-5H2,1H3,(H,19,20). The van der Waals surface area contributed by atoms with E-state index in [2.05, 4.69) is 10.3 Å². The van der Waals surface area contributed by atoms with Gasteiger partial charge in [0.05, 0.1) is 23.2 Å². The molecule has 0 saturated carbocycles. The molecule has 1 atom stereocenters. The second-order valence-corrected chi connectivity index (χ2v) is 5.82. The Bertz CT molecular complexity index is 648. The van der Waals surface area contributed by atoms with Crippen molar-refractivity contribution in [2.45, 2.75) is 19.4 Å². The number of rotatable bonds is 6. The molecule has 0 aliphatic carbocycles. The van der Waals surface area contributed by atoms with Gasteiger partial charge < -0.3 is 10.4 Å². The number of benzene rings is 1. The van der Waals surface area contributed by atoms with Gasteiger partial charge in [-0.05, 0) is 25.1 Å². The predicted molar refractivity (Wildman–Crippen MR) is 81.2 cm³/mol. The van der Waals surface area contributed by atoms with E-state index in [1.165, 1.54) is 23.5 Å². The molecule has 0 spiro atoms. The lowest BCUT2D eigenvalue weighted by molar-refractivity contribution is -0.136. The smallest absolute Gasteiger partial charge is 0.304 e. The summed E-state index contributed by atoms with van der Waals surface area (Å²) < 4.78 is 13.1. The number of carboxylic acids is 1. The highest BCUT2D eigenvalue weighted by Crippen LogP contribution is 2.28. The van der Waals surface area contributed by atoms with Crippen LogP contribution in [0.1, 0.15) is 24.4 Å². The summed E-state index contributed by atoms with van der Waals surface area (Å²) in [4.78, 5) is 14.9. The summed E-state index contributed by atoms with van der Waals surface area (Å²) in [5.41, 5.74) is 1.48. The maximum atomic E-state index is 13.1. The van der Waals surface area contributed by atoms with E-state index < -0.39 is 11.8 Å². The molecular weight excluding hydrogens is 315 g/mol. The first-order valence-electron chi connectivity index (χ1n) is 6.33. The van der Waals surface area contributed by atoms with Crippen LogP contribution in [0.5, 0.6) is 0 Å². The quantitative estimate of drug-likeness (QED) is 0.848. The topological polar surface area (TPSA) is 62.2 Å². The Balaban J connectivity index is 2.06. The predicted octanol–water partition coefficient (Wildman–Crippen LogP) is 3.73. The number of hydrogen-bond donors (Lipinski definition) is 2. The number of nitrogens with one attached hydrogen (secondary N) is 1. The molecule has 21 heavy (non-hydrogen) atoms. The molecule has 1 unspecified atom stereocenters. The minimum atomic E-state index is -0.838. The van der Waals surface area contributed by atoms with Crippen LogP contribution in [-0.2, 0) is 4.79 Å². The molecule has 0 radical (unpaired) electrons. The highest BCUT2D eigenvalue weighted by atomic mass is 35.5. The first kappa shape index (κ1) is 15.9. The van der Waals surface area contributed by atoms with Gasteiger partial charge in [0.2, 0.25) is 0 Å². The summed E-state index contributed by atoms with van der Waals surface area (Å²) in [6.45, 7) is 2.30. The second kappa shape index (κ2) is 6.98. The Morgan fingerprint density at radius 3 is 3.00 bits per heavy atom. The lowest BCUT2D eigenvalue weighted by Gasteiger charge is -2.09. The van der Waals surface area contributed by atoms with Gasteiger partial charge >= 0.3 is 5.97 Å². The Morgan fingerprint density at radius 1 is 1.57 bits per heavy atom. The van der Waals surface area contributed by atoms with E-state index in [0.29, 0.717) is 6.54 Å². The van der Waals surface area contributed by atoms with Crippen molar-refractivity contribution in [3.63, 3.8) is 0 Å². The van der Waals surface area contributed by atoms with Gasteiger partial charge in [0.25, 0.3) is 0 Å². The summed E-state index contributed by atoms with van der Waals surface area (Å²) in [5.74, 6) is -1.30. The first-order chi connectivity index (χ1) is 9.97. The minimum absolute atomic E-state index is 0.0426. The number of hydrogen-bond acceptors (Lipinski definition) is 4. The van der Waals surface area contributed by atoms with Crippen LogP contribution in [0, 0.1) is 5.82 Å². The van der Waals surface area contributed by atoms with Crippen molar-refractivity contribution in [1.29, 1.82) is 0 Å². The van der Waals surface area contributed by atoms with Gasteiger partial charge in [0.1, 0.15) is 10.8 Å². The fraction of sp³-hybridized carbons (Fsp3) is 0.286. The van der Waals surface area contributed by atoms with Crippen molar-refractivity contribution in [3.05, 3.63) is 39.4 Å². The highest BCUT2D eigenvalue weighted by Gasteiger charge is 2.12. The van der Waals surface area contributed by atoms with E-state index >= 15 is 0 Å². The van der Waals surface area contributed by atoms with Gasteiger partial charge in [0.15, 0.2) is 0 Å². The van der Waals surface area contributed by atoms with Crippen molar-refractivity contribution < 1.29 is 14.3 Å². The van der Waals surface area contributed by atoms with Gasteiger partial charge in [0, 0.05) is 17.5 Å². The number of aliphatic carboxylic acids is 1. The monoisotopic (exact) mass is 328 g/mol. The molecule has 112 valence electrons. The van der Waals surface area contributed by atoms with Gasteiger partial charge in [-0.2, -0.15) is 0 Å². The van der Waals surface area contributed by atoms with Gasteiger partial charge in [-0.15, -0.1) is 11.3 Å². The minimum Gasteiger partial charge on any atom is -0.481 e. The third-order valence-corrected chi connectivity index (χ3v) is 4.21. The van der Waals surface area contributed by atoms with Crippen LogP contribution in [0.25, 0.3) is 11.3 Å². The molecule has 2 N–H and O–H groups in total. The molecule has 4 nitrogen and oxygen atoms in total. The summed E-state index contributed by atoms with van der Waals surface area (Å²) in [6.07, 6.45) is 0.0656. The zero-order valence-corrected chi connectivity index (χ0v) is 12.8. The third kappa shape index (κ3) is 4.23. The lowest BCUT2D eigenvalue weighted by Crippen LogP contribution is -2.21. The van der Waals surface area contributed by atoms with E-state index in [-0.39, 0.29) is 17.5 Å². The number of nitrogens with zero attached hydrogens (tertiary/aromatic N) is 1. The number of carboxylic acid groups (broad SMARTS) is 1. The van der Waals surface area contributed by atoms with Crippen LogP contribution in [0.3, 0.4) is 0 Å². The molecule has 0 bridgehead atoms. The van der Waals surface area contributed by atoms with E-state index in [9.17, 15) is 9.18 Å². The summed E-state index contributed by atoms with van der Waals surface area (Å²) in [5, 5.41) is 14.5. The van der Waals surface area contributed by atoms with Gasteiger partial charge in [-0.1, -0.05) is 11.6 Å². The maximum absolute atomic E-state index is 13.1. The molecule has 0 aliphatic rings. The first-order valence-corrected chi connectivity index (χ1v) is 7.59. The fourth-order valence-corrected chi connectivity index (χ4v) is 2.80. The average molecular weight is 329 g/mol. The van der Waals surface area contributed by atoms with Crippen LogP contribution in [0.4, 0.5) is 4.39 Å². The lowest BCUT2D eigenvalue weighted by atomic mass is 10.2. The van der Waals surface area contributed by atoms with Crippen molar-refractivity contribution in [1.82, 2.24) is 10.3 Å². The second-order valence-electron chi connectivity index (χ2n) is 4.52. The molecule has 0 fully saturated rings. The molecule has 7 heteroatoms. The van der Waals surface area contributed by atoms with E-state index in [4.69, 9.17) is 16.7 Å². The molecule has 2 rings (SSSR count). The summed E-state index contributed by atoms with van der Waals surface area (Å²) in [6, 6.07) is 4.44. The molecule has 2 aromatic rings. The van der Waals surface area contributed by atoms with Gasteiger partial charge in [-0.25, -0.2) is 9.37 Å². The SMILES string of the molecule is CC(NCCC(=O)O)c1nc(-c2ccc(F)c(Cl)c2)cs1. The zero-order valence-electron chi connectivity index (χ0n) is 11.3. The third-order valence-electron chi connectivity index (χ3n) is 2.90. The van der Waals surface area contributed by atoms with Crippen LogP contribution in [0.2, 0.25) is 5.02 Å². The Hall–Kier alpha value is -1.50. The summed E-state index contributed by atoms with van der Waals surface area (Å²) in [7, 11) is 0. The number of aromatic nitrogens is 1. The molecular formula is C14H14ClFN2O2S. The van der Waals surface area contributed by atoms with E-state index in [1.54, 1.807) is 6.07 Å². The van der Waals surface area contributed by atoms with Crippen molar-refractivity contribution >= 4 is 28.9 Å². The van der Waals surface area contributed by atoms with Crippen LogP contribution in [-0.4, -0.2) is 22.6 Å². The Labute approximate surface area is 130 Å². The number of thiazole rings is 1. The van der Waals surface area contributed by atoms with Crippen LogP contribution >= 0.6 is 22.9 Å². The highest BCUT2D eigenvalue weighted by molar-refractivity contribution is 7.10.